The molecule has 0 atom stereocenters. The highest BCUT2D eigenvalue weighted by atomic mass is 16.1. The van der Waals surface area contributed by atoms with E-state index < -0.39 is 0 Å². The van der Waals surface area contributed by atoms with Crippen LogP contribution in [0.5, 0.6) is 0 Å². The summed E-state index contributed by atoms with van der Waals surface area (Å²) in [5, 5.41) is 3.09. The highest BCUT2D eigenvalue weighted by Crippen LogP contribution is 2.14. The normalized spacial score (nSPS) is 11.4. The number of hydrogen-bond donors (Lipinski definition) is 1. The van der Waals surface area contributed by atoms with Crippen molar-refractivity contribution >= 4 is 5.91 Å². The van der Waals surface area contributed by atoms with Gasteiger partial charge >= 0.3 is 0 Å². The maximum atomic E-state index is 11.9. The van der Waals surface area contributed by atoms with Gasteiger partial charge < -0.3 is 10.2 Å². The third kappa shape index (κ3) is 23.9. The lowest BCUT2D eigenvalue weighted by Gasteiger charge is -2.17. The molecule has 31 heavy (non-hydrogen) atoms. The standard InChI is InChI=1S/C28H58N2O/c1-4-7-8-9-10-11-12-13-14-15-16-17-18-19-20-21-22-25-28(31)29-26-23-24-27-30(5-2)6-3/h4-27H2,1-3H3,(H,29,31). The smallest absolute Gasteiger partial charge is 0.219 e. The molecule has 0 aromatic rings. The van der Waals surface area contributed by atoms with Crippen molar-refractivity contribution in [2.45, 2.75) is 149 Å². The summed E-state index contributed by atoms with van der Waals surface area (Å²) in [5.74, 6) is 0.254. The Balaban J connectivity index is 3.18. The molecule has 1 amide bonds. The minimum atomic E-state index is 0.254. The molecule has 0 saturated carbocycles. The predicted octanol–water partition coefficient (Wildman–Crippen LogP) is 8.27. The third-order valence-corrected chi connectivity index (χ3v) is 6.63. The van der Waals surface area contributed by atoms with E-state index in [0.29, 0.717) is 6.42 Å². The number of nitrogens with one attached hydrogen (secondary N) is 1. The zero-order valence-electron chi connectivity index (χ0n) is 21.8. The van der Waals surface area contributed by atoms with Crippen LogP contribution < -0.4 is 5.32 Å². The van der Waals surface area contributed by atoms with E-state index in [-0.39, 0.29) is 5.91 Å². The molecule has 0 radical (unpaired) electrons. The average molecular weight is 439 g/mol. The van der Waals surface area contributed by atoms with Crippen LogP contribution in [0.3, 0.4) is 0 Å². The van der Waals surface area contributed by atoms with E-state index in [2.05, 4.69) is 31.0 Å². The van der Waals surface area contributed by atoms with E-state index in [1.165, 1.54) is 109 Å². The number of rotatable bonds is 25. The summed E-state index contributed by atoms with van der Waals surface area (Å²) in [6.07, 6.45) is 26.5. The molecule has 0 aromatic heterocycles. The number of amides is 1. The van der Waals surface area contributed by atoms with Crippen LogP contribution in [-0.4, -0.2) is 37.0 Å². The molecule has 0 saturated heterocycles. The summed E-state index contributed by atoms with van der Waals surface area (Å²) >= 11 is 0. The van der Waals surface area contributed by atoms with Gasteiger partial charge in [-0.2, -0.15) is 0 Å². The monoisotopic (exact) mass is 438 g/mol. The first-order valence-corrected chi connectivity index (χ1v) is 14.2. The Bertz CT molecular complexity index is 355. The summed E-state index contributed by atoms with van der Waals surface area (Å²) in [4.78, 5) is 14.3. The van der Waals surface area contributed by atoms with Crippen molar-refractivity contribution in [1.29, 1.82) is 0 Å². The molecule has 3 heteroatoms. The van der Waals surface area contributed by atoms with Gasteiger partial charge in [-0.05, 0) is 38.9 Å². The first-order chi connectivity index (χ1) is 15.2. The summed E-state index contributed by atoms with van der Waals surface area (Å²) < 4.78 is 0. The van der Waals surface area contributed by atoms with E-state index in [1.807, 2.05) is 0 Å². The lowest BCUT2D eigenvalue weighted by Crippen LogP contribution is -2.27. The SMILES string of the molecule is CCCCCCCCCCCCCCCCCCCC(=O)NCCCCN(CC)CC. The second kappa shape index (κ2) is 25.7. The Morgan fingerprint density at radius 2 is 0.968 bits per heavy atom. The van der Waals surface area contributed by atoms with Crippen LogP contribution in [0, 0.1) is 0 Å². The summed E-state index contributed by atoms with van der Waals surface area (Å²) in [7, 11) is 0. The molecule has 186 valence electrons. The van der Waals surface area contributed by atoms with Crippen molar-refractivity contribution in [3.05, 3.63) is 0 Å². The highest BCUT2D eigenvalue weighted by molar-refractivity contribution is 5.75. The van der Waals surface area contributed by atoms with Crippen molar-refractivity contribution in [3.8, 4) is 0 Å². The van der Waals surface area contributed by atoms with Crippen molar-refractivity contribution < 1.29 is 4.79 Å². The van der Waals surface area contributed by atoms with Crippen LogP contribution >= 0.6 is 0 Å². The Hall–Kier alpha value is -0.570. The molecule has 0 aromatic carbocycles. The molecule has 0 spiro atoms. The molecular formula is C28H58N2O. The maximum Gasteiger partial charge on any atom is 0.219 e. The van der Waals surface area contributed by atoms with E-state index >= 15 is 0 Å². The topological polar surface area (TPSA) is 32.3 Å². The minimum absolute atomic E-state index is 0.254. The highest BCUT2D eigenvalue weighted by Gasteiger charge is 2.02. The van der Waals surface area contributed by atoms with Crippen LogP contribution in [0.2, 0.25) is 0 Å². The molecule has 0 aliphatic rings. The number of carbonyl (C=O) groups excluding carboxylic acids is 1. The first kappa shape index (κ1) is 30.4. The Morgan fingerprint density at radius 1 is 0.548 bits per heavy atom. The minimum Gasteiger partial charge on any atom is -0.356 e. The van der Waals surface area contributed by atoms with Gasteiger partial charge in [0.1, 0.15) is 0 Å². The number of unbranched alkanes of at least 4 members (excludes halogenated alkanes) is 17. The number of nitrogens with zero attached hydrogens (tertiary/aromatic N) is 1. The van der Waals surface area contributed by atoms with E-state index in [1.54, 1.807) is 0 Å². The Labute approximate surface area is 196 Å². The number of carbonyl (C=O) groups is 1. The van der Waals surface area contributed by atoms with E-state index in [0.717, 1.165) is 39.0 Å². The Kier molecular flexibility index (Phi) is 25.2. The quantitative estimate of drug-likeness (QED) is 0.145. The van der Waals surface area contributed by atoms with Gasteiger partial charge in [-0.1, -0.05) is 124 Å². The maximum absolute atomic E-state index is 11.9. The fraction of sp³-hybridized carbons (Fsp3) is 0.964. The largest absolute Gasteiger partial charge is 0.356 e. The fourth-order valence-corrected chi connectivity index (χ4v) is 4.33. The zero-order chi connectivity index (χ0) is 22.8. The van der Waals surface area contributed by atoms with E-state index in [4.69, 9.17) is 0 Å². The van der Waals surface area contributed by atoms with Crippen molar-refractivity contribution in [3.63, 3.8) is 0 Å². The van der Waals surface area contributed by atoms with Crippen LogP contribution in [0.15, 0.2) is 0 Å². The third-order valence-electron chi connectivity index (χ3n) is 6.63. The average Bonchev–Trinajstić information content (AvgIpc) is 2.78. The van der Waals surface area contributed by atoms with Gasteiger partial charge in [-0.3, -0.25) is 4.79 Å². The van der Waals surface area contributed by atoms with Crippen LogP contribution in [0.25, 0.3) is 0 Å². The lowest BCUT2D eigenvalue weighted by molar-refractivity contribution is -0.121. The van der Waals surface area contributed by atoms with Crippen molar-refractivity contribution in [2.24, 2.45) is 0 Å². The molecular weight excluding hydrogens is 380 g/mol. The van der Waals surface area contributed by atoms with Crippen LogP contribution in [-0.2, 0) is 4.79 Å². The Morgan fingerprint density at radius 3 is 1.39 bits per heavy atom. The van der Waals surface area contributed by atoms with Gasteiger partial charge in [0, 0.05) is 13.0 Å². The molecule has 0 bridgehead atoms. The van der Waals surface area contributed by atoms with Gasteiger partial charge in [0.25, 0.3) is 0 Å². The fourth-order valence-electron chi connectivity index (χ4n) is 4.33. The molecule has 0 aliphatic heterocycles. The summed E-state index contributed by atoms with van der Waals surface area (Å²) in [6.45, 7) is 11.0. The van der Waals surface area contributed by atoms with Gasteiger partial charge in [0.05, 0.1) is 0 Å². The van der Waals surface area contributed by atoms with Gasteiger partial charge in [-0.15, -0.1) is 0 Å². The molecule has 0 heterocycles. The van der Waals surface area contributed by atoms with Crippen LogP contribution in [0.4, 0.5) is 0 Å². The van der Waals surface area contributed by atoms with Crippen LogP contribution in [0.1, 0.15) is 149 Å². The molecule has 1 N–H and O–H groups in total. The van der Waals surface area contributed by atoms with Gasteiger partial charge in [-0.25, -0.2) is 0 Å². The summed E-state index contributed by atoms with van der Waals surface area (Å²) in [5.41, 5.74) is 0. The second-order valence-electron chi connectivity index (χ2n) is 9.49. The molecule has 0 fully saturated rings. The first-order valence-electron chi connectivity index (χ1n) is 14.2. The molecule has 0 rings (SSSR count). The zero-order valence-corrected chi connectivity index (χ0v) is 21.8. The lowest BCUT2D eigenvalue weighted by atomic mass is 10.0. The predicted molar refractivity (Wildman–Crippen MR) is 139 cm³/mol. The van der Waals surface area contributed by atoms with Gasteiger partial charge in [0.2, 0.25) is 5.91 Å². The van der Waals surface area contributed by atoms with Gasteiger partial charge in [0.15, 0.2) is 0 Å². The second-order valence-corrected chi connectivity index (χ2v) is 9.49. The summed E-state index contributed by atoms with van der Waals surface area (Å²) in [6, 6.07) is 0. The molecule has 0 aliphatic carbocycles. The van der Waals surface area contributed by atoms with Crippen molar-refractivity contribution in [2.75, 3.05) is 26.2 Å². The van der Waals surface area contributed by atoms with E-state index in [9.17, 15) is 4.79 Å². The molecule has 3 nitrogen and oxygen atoms in total. The number of hydrogen-bond acceptors (Lipinski definition) is 2. The molecule has 0 unspecified atom stereocenters. The van der Waals surface area contributed by atoms with Crippen molar-refractivity contribution in [1.82, 2.24) is 10.2 Å².